The molecule has 1 fully saturated rings. The number of carbonyl (C=O) groups excluding carboxylic acids is 1. The van der Waals surface area contributed by atoms with E-state index in [1.54, 1.807) is 26.2 Å². The number of methoxy groups -OCH3 is 3. The van der Waals surface area contributed by atoms with Crippen molar-refractivity contribution < 1.29 is 19.0 Å². The number of nitrogens with zero attached hydrogens (tertiary/aromatic N) is 1. The van der Waals surface area contributed by atoms with E-state index in [4.69, 9.17) is 14.2 Å². The van der Waals surface area contributed by atoms with E-state index in [1.165, 1.54) is 0 Å². The SMILES string of the molecule is COc1ccc(N2C(=O)[C@@H](C)[C@H]2C(OC)OC)cc1. The van der Waals surface area contributed by atoms with Crippen molar-refractivity contribution in [2.75, 3.05) is 26.2 Å². The zero-order valence-electron chi connectivity index (χ0n) is 11.6. The van der Waals surface area contributed by atoms with Crippen molar-refractivity contribution in [2.24, 2.45) is 5.92 Å². The van der Waals surface area contributed by atoms with Crippen molar-refractivity contribution in [3.05, 3.63) is 24.3 Å². The number of benzene rings is 1. The number of carbonyl (C=O) groups is 1. The number of amides is 1. The first-order chi connectivity index (χ1) is 9.13. The van der Waals surface area contributed by atoms with Crippen molar-refractivity contribution in [1.29, 1.82) is 0 Å². The van der Waals surface area contributed by atoms with Crippen LogP contribution in [0.1, 0.15) is 6.92 Å². The van der Waals surface area contributed by atoms with Gasteiger partial charge < -0.3 is 19.1 Å². The topological polar surface area (TPSA) is 48.0 Å². The van der Waals surface area contributed by atoms with E-state index in [0.717, 1.165) is 11.4 Å². The van der Waals surface area contributed by atoms with Gasteiger partial charge in [-0.25, -0.2) is 0 Å². The molecule has 2 rings (SSSR count). The monoisotopic (exact) mass is 265 g/mol. The highest BCUT2D eigenvalue weighted by Gasteiger charge is 2.49. The van der Waals surface area contributed by atoms with Gasteiger partial charge in [0.2, 0.25) is 5.91 Å². The Hall–Kier alpha value is -1.59. The molecule has 0 saturated carbocycles. The van der Waals surface area contributed by atoms with Gasteiger partial charge in [-0.05, 0) is 24.3 Å². The number of β-lactam (4-membered cyclic amide) rings is 1. The molecule has 5 nitrogen and oxygen atoms in total. The number of hydrogen-bond donors (Lipinski definition) is 0. The van der Waals surface area contributed by atoms with E-state index in [2.05, 4.69) is 0 Å². The van der Waals surface area contributed by atoms with Crippen molar-refractivity contribution >= 4 is 11.6 Å². The average molecular weight is 265 g/mol. The first-order valence-electron chi connectivity index (χ1n) is 6.16. The van der Waals surface area contributed by atoms with Crippen LogP contribution in [0.25, 0.3) is 0 Å². The van der Waals surface area contributed by atoms with Crippen molar-refractivity contribution in [3.63, 3.8) is 0 Å². The summed E-state index contributed by atoms with van der Waals surface area (Å²) in [6.07, 6.45) is -0.421. The van der Waals surface area contributed by atoms with Crippen LogP contribution in [0.4, 0.5) is 5.69 Å². The minimum absolute atomic E-state index is 0.0780. The molecule has 5 heteroatoms. The van der Waals surface area contributed by atoms with Crippen LogP contribution in [0.5, 0.6) is 5.75 Å². The Morgan fingerprint density at radius 2 is 1.68 bits per heavy atom. The number of anilines is 1. The molecule has 0 bridgehead atoms. The Bertz CT molecular complexity index is 441. The lowest BCUT2D eigenvalue weighted by Crippen LogP contribution is -2.65. The lowest BCUT2D eigenvalue weighted by molar-refractivity contribution is -0.158. The zero-order valence-corrected chi connectivity index (χ0v) is 11.6. The third-order valence-corrected chi connectivity index (χ3v) is 3.53. The van der Waals surface area contributed by atoms with E-state index in [-0.39, 0.29) is 17.9 Å². The second-order valence-electron chi connectivity index (χ2n) is 4.53. The first kappa shape index (κ1) is 13.8. The maximum absolute atomic E-state index is 12.0. The Morgan fingerprint density at radius 3 is 2.16 bits per heavy atom. The zero-order chi connectivity index (χ0) is 14.0. The van der Waals surface area contributed by atoms with E-state index in [9.17, 15) is 4.79 Å². The second-order valence-corrected chi connectivity index (χ2v) is 4.53. The van der Waals surface area contributed by atoms with E-state index >= 15 is 0 Å². The summed E-state index contributed by atoms with van der Waals surface area (Å²) < 4.78 is 15.7. The maximum atomic E-state index is 12.0. The Morgan fingerprint density at radius 1 is 1.11 bits per heavy atom. The summed E-state index contributed by atoms with van der Waals surface area (Å²) in [6.45, 7) is 1.89. The summed E-state index contributed by atoms with van der Waals surface area (Å²) in [5.74, 6) is 0.734. The fourth-order valence-corrected chi connectivity index (χ4v) is 2.43. The van der Waals surface area contributed by atoms with Gasteiger partial charge in [-0.3, -0.25) is 4.79 Å². The van der Waals surface area contributed by atoms with Crippen LogP contribution in [0.2, 0.25) is 0 Å². The molecule has 0 aliphatic carbocycles. The Kier molecular flexibility index (Phi) is 4.07. The van der Waals surface area contributed by atoms with Gasteiger partial charge in [-0.1, -0.05) is 6.92 Å². The van der Waals surface area contributed by atoms with Crippen LogP contribution in [0.15, 0.2) is 24.3 Å². The molecular formula is C14H19NO4. The second kappa shape index (κ2) is 5.59. The molecule has 1 saturated heterocycles. The summed E-state index contributed by atoms with van der Waals surface area (Å²) in [6, 6.07) is 7.28. The molecule has 0 aromatic heterocycles. The fourth-order valence-electron chi connectivity index (χ4n) is 2.43. The lowest BCUT2D eigenvalue weighted by Gasteiger charge is -2.48. The summed E-state index contributed by atoms with van der Waals surface area (Å²) in [5, 5.41) is 0. The molecule has 1 aromatic carbocycles. The largest absolute Gasteiger partial charge is 0.497 e. The molecule has 19 heavy (non-hydrogen) atoms. The molecule has 0 N–H and O–H groups in total. The number of rotatable bonds is 5. The van der Waals surface area contributed by atoms with Crippen LogP contribution in [0, 0.1) is 5.92 Å². The molecular weight excluding hydrogens is 246 g/mol. The van der Waals surface area contributed by atoms with Crippen molar-refractivity contribution in [1.82, 2.24) is 0 Å². The molecule has 0 spiro atoms. The van der Waals surface area contributed by atoms with Gasteiger partial charge in [0.1, 0.15) is 5.75 Å². The smallest absolute Gasteiger partial charge is 0.232 e. The minimum Gasteiger partial charge on any atom is -0.497 e. The summed E-state index contributed by atoms with van der Waals surface area (Å²) in [4.78, 5) is 13.8. The third-order valence-electron chi connectivity index (χ3n) is 3.53. The Balaban J connectivity index is 2.23. The normalized spacial score (nSPS) is 22.6. The molecule has 1 aromatic rings. The van der Waals surface area contributed by atoms with Crippen molar-refractivity contribution in [2.45, 2.75) is 19.3 Å². The standard InChI is InChI=1S/C14H19NO4/c1-9-12(14(18-3)19-4)15(13(9)16)10-5-7-11(17-2)8-6-10/h5-9,12,14H,1-4H3/t9-,12-/m0/s1. The van der Waals surface area contributed by atoms with E-state index in [1.807, 2.05) is 31.2 Å². The fraction of sp³-hybridized carbons (Fsp3) is 0.500. The number of hydrogen-bond acceptors (Lipinski definition) is 4. The quantitative estimate of drug-likeness (QED) is 0.600. The van der Waals surface area contributed by atoms with E-state index in [0.29, 0.717) is 0 Å². The third kappa shape index (κ3) is 2.31. The summed E-state index contributed by atoms with van der Waals surface area (Å²) >= 11 is 0. The highest BCUT2D eigenvalue weighted by molar-refractivity contribution is 6.02. The Labute approximate surface area is 113 Å². The maximum Gasteiger partial charge on any atom is 0.232 e. The van der Waals surface area contributed by atoms with Gasteiger partial charge in [0.15, 0.2) is 6.29 Å². The highest BCUT2D eigenvalue weighted by atomic mass is 16.7. The molecule has 2 atom stereocenters. The molecule has 1 aliphatic rings. The minimum atomic E-state index is -0.421. The van der Waals surface area contributed by atoms with Gasteiger partial charge in [0.25, 0.3) is 0 Å². The predicted octanol–water partition coefficient (Wildman–Crippen LogP) is 1.67. The van der Waals surface area contributed by atoms with Crippen molar-refractivity contribution in [3.8, 4) is 5.75 Å². The lowest BCUT2D eigenvalue weighted by atomic mass is 9.87. The predicted molar refractivity (Wildman–Crippen MR) is 71.2 cm³/mol. The molecule has 0 unspecified atom stereocenters. The molecule has 0 radical (unpaired) electrons. The summed E-state index contributed by atoms with van der Waals surface area (Å²) in [5.41, 5.74) is 0.827. The van der Waals surface area contributed by atoms with Gasteiger partial charge in [-0.2, -0.15) is 0 Å². The van der Waals surface area contributed by atoms with Crippen LogP contribution in [-0.4, -0.2) is 39.6 Å². The van der Waals surface area contributed by atoms with E-state index < -0.39 is 6.29 Å². The molecule has 104 valence electrons. The molecule has 1 aliphatic heterocycles. The van der Waals surface area contributed by atoms with Gasteiger partial charge in [-0.15, -0.1) is 0 Å². The molecule has 1 amide bonds. The first-order valence-corrected chi connectivity index (χ1v) is 6.16. The average Bonchev–Trinajstić information content (AvgIpc) is 2.47. The summed E-state index contributed by atoms with van der Waals surface area (Å²) in [7, 11) is 4.77. The number of ether oxygens (including phenoxy) is 3. The van der Waals surface area contributed by atoms with Gasteiger partial charge >= 0.3 is 0 Å². The van der Waals surface area contributed by atoms with Crippen LogP contribution < -0.4 is 9.64 Å². The van der Waals surface area contributed by atoms with Crippen LogP contribution in [0.3, 0.4) is 0 Å². The van der Waals surface area contributed by atoms with Gasteiger partial charge in [0, 0.05) is 19.9 Å². The van der Waals surface area contributed by atoms with Crippen LogP contribution >= 0.6 is 0 Å². The van der Waals surface area contributed by atoms with Gasteiger partial charge in [0.05, 0.1) is 19.1 Å². The highest BCUT2D eigenvalue weighted by Crippen LogP contribution is 2.35. The van der Waals surface area contributed by atoms with Crippen LogP contribution in [-0.2, 0) is 14.3 Å². The molecule has 1 heterocycles.